The minimum absolute atomic E-state index is 0.350. The Morgan fingerprint density at radius 1 is 1.10 bits per heavy atom. The summed E-state index contributed by atoms with van der Waals surface area (Å²) in [5, 5.41) is 7.64. The lowest BCUT2D eigenvalue weighted by Crippen LogP contribution is -2.38. The average molecular weight is 297 g/mol. The van der Waals surface area contributed by atoms with Crippen LogP contribution >= 0.6 is 12.2 Å². The van der Waals surface area contributed by atoms with Crippen molar-refractivity contribution in [1.82, 2.24) is 15.5 Å². The molecular weight excluding hydrogens is 278 g/mol. The summed E-state index contributed by atoms with van der Waals surface area (Å²) >= 11 is 5.49. The van der Waals surface area contributed by atoms with Crippen molar-refractivity contribution in [3.8, 4) is 0 Å². The summed E-state index contributed by atoms with van der Waals surface area (Å²) in [5.41, 5.74) is 2.55. The zero-order valence-electron chi connectivity index (χ0n) is 11.8. The molecule has 1 aliphatic rings. The van der Waals surface area contributed by atoms with Crippen molar-refractivity contribution in [2.75, 3.05) is 13.2 Å². The fourth-order valence-corrected chi connectivity index (χ4v) is 2.73. The summed E-state index contributed by atoms with van der Waals surface area (Å²) in [7, 11) is 0. The molecule has 1 unspecified atom stereocenters. The monoisotopic (exact) mass is 297 g/mol. The fraction of sp³-hybridized carbons (Fsp3) is 0.235. The molecule has 1 saturated heterocycles. The number of thiocarbonyl (C=S) groups is 1. The predicted octanol–water partition coefficient (Wildman–Crippen LogP) is 2.67. The van der Waals surface area contributed by atoms with E-state index in [9.17, 15) is 0 Å². The quantitative estimate of drug-likeness (QED) is 0.852. The molecule has 0 saturated carbocycles. The van der Waals surface area contributed by atoms with Crippen LogP contribution in [0.2, 0.25) is 0 Å². The van der Waals surface area contributed by atoms with E-state index in [2.05, 4.69) is 51.9 Å². The fourth-order valence-electron chi connectivity index (χ4n) is 2.52. The van der Waals surface area contributed by atoms with Gasteiger partial charge in [-0.25, -0.2) is 0 Å². The number of rotatable bonds is 3. The highest BCUT2D eigenvalue weighted by atomic mass is 32.1. The van der Waals surface area contributed by atoms with Crippen molar-refractivity contribution in [1.29, 1.82) is 0 Å². The highest BCUT2D eigenvalue weighted by Gasteiger charge is 2.24. The third-order valence-corrected chi connectivity index (χ3v) is 4.11. The third kappa shape index (κ3) is 3.60. The van der Waals surface area contributed by atoms with Crippen LogP contribution in [0.15, 0.2) is 60.7 Å². The van der Waals surface area contributed by atoms with Crippen LogP contribution in [-0.2, 0) is 6.54 Å². The van der Waals surface area contributed by atoms with Gasteiger partial charge in [0.05, 0.1) is 12.7 Å². The van der Waals surface area contributed by atoms with Crippen LogP contribution in [0.1, 0.15) is 17.2 Å². The maximum absolute atomic E-state index is 5.49. The second kappa shape index (κ2) is 6.70. The summed E-state index contributed by atoms with van der Waals surface area (Å²) in [6.45, 7) is 2.47. The lowest BCUT2D eigenvalue weighted by molar-refractivity contribution is 0.494. The van der Waals surface area contributed by atoms with Gasteiger partial charge in [-0.15, -0.1) is 0 Å². The van der Waals surface area contributed by atoms with E-state index in [1.807, 2.05) is 24.3 Å². The molecule has 2 N–H and O–H groups in total. The van der Waals surface area contributed by atoms with Crippen molar-refractivity contribution in [2.45, 2.75) is 12.6 Å². The minimum atomic E-state index is 0.350. The van der Waals surface area contributed by atoms with E-state index in [1.165, 1.54) is 11.1 Å². The van der Waals surface area contributed by atoms with Crippen LogP contribution in [-0.4, -0.2) is 23.2 Å². The summed E-state index contributed by atoms with van der Waals surface area (Å²) in [6, 6.07) is 21.2. The van der Waals surface area contributed by atoms with Crippen molar-refractivity contribution >= 4 is 17.3 Å². The average Bonchev–Trinajstić information content (AvgIpc) is 3.04. The maximum Gasteiger partial charge on any atom is 0.170 e. The number of hydrogen-bond acceptors (Lipinski definition) is 2. The van der Waals surface area contributed by atoms with Crippen LogP contribution in [0, 0.1) is 0 Å². The molecule has 0 amide bonds. The van der Waals surface area contributed by atoms with Gasteiger partial charge in [0.1, 0.15) is 0 Å². The third-order valence-electron chi connectivity index (χ3n) is 3.71. The first-order valence-electron chi connectivity index (χ1n) is 7.18. The van der Waals surface area contributed by atoms with Crippen LogP contribution in [0.5, 0.6) is 0 Å². The summed E-state index contributed by atoms with van der Waals surface area (Å²) < 4.78 is 0. The van der Waals surface area contributed by atoms with Crippen molar-refractivity contribution in [3.05, 3.63) is 71.8 Å². The highest BCUT2D eigenvalue weighted by Crippen LogP contribution is 2.18. The van der Waals surface area contributed by atoms with Crippen molar-refractivity contribution in [3.63, 3.8) is 0 Å². The molecule has 3 rings (SSSR count). The van der Waals surface area contributed by atoms with Crippen LogP contribution < -0.4 is 10.6 Å². The Kier molecular flexibility index (Phi) is 4.48. The molecule has 3 nitrogen and oxygen atoms in total. The van der Waals surface area contributed by atoms with Gasteiger partial charge in [0.2, 0.25) is 0 Å². The molecule has 1 fully saturated rings. The van der Waals surface area contributed by atoms with E-state index in [4.69, 9.17) is 12.2 Å². The van der Waals surface area contributed by atoms with Gasteiger partial charge in [-0.2, -0.15) is 0 Å². The highest BCUT2D eigenvalue weighted by molar-refractivity contribution is 7.80. The Labute approximate surface area is 131 Å². The van der Waals surface area contributed by atoms with E-state index in [-0.39, 0.29) is 0 Å². The standard InChI is InChI=1S/C17H19N3S/c21-17(18-11-14-7-3-1-4-8-14)20-12-16(19-13-20)15-9-5-2-6-10-15/h1-10,16,19H,11-13H2,(H,18,21). The molecule has 2 aromatic rings. The van der Waals surface area contributed by atoms with Gasteiger partial charge in [0.25, 0.3) is 0 Å². The Morgan fingerprint density at radius 3 is 2.48 bits per heavy atom. The maximum atomic E-state index is 5.49. The smallest absolute Gasteiger partial charge is 0.170 e. The zero-order valence-corrected chi connectivity index (χ0v) is 12.6. The van der Waals surface area contributed by atoms with Gasteiger partial charge in [-0.3, -0.25) is 5.32 Å². The molecule has 4 heteroatoms. The summed E-state index contributed by atoms with van der Waals surface area (Å²) in [4.78, 5) is 2.18. The Morgan fingerprint density at radius 2 is 1.76 bits per heavy atom. The van der Waals surface area contributed by atoms with E-state index in [0.717, 1.165) is 24.9 Å². The minimum Gasteiger partial charge on any atom is -0.358 e. The molecular formula is C17H19N3S. The Hall–Kier alpha value is -1.91. The number of hydrogen-bond donors (Lipinski definition) is 2. The molecule has 0 aromatic heterocycles. The van der Waals surface area contributed by atoms with Gasteiger partial charge in [0.15, 0.2) is 5.11 Å². The lowest BCUT2D eigenvalue weighted by Gasteiger charge is -2.19. The van der Waals surface area contributed by atoms with Gasteiger partial charge in [-0.05, 0) is 23.3 Å². The number of nitrogens with one attached hydrogen (secondary N) is 2. The topological polar surface area (TPSA) is 27.3 Å². The van der Waals surface area contributed by atoms with Crippen LogP contribution in [0.3, 0.4) is 0 Å². The lowest BCUT2D eigenvalue weighted by atomic mass is 10.1. The molecule has 0 bridgehead atoms. The molecule has 0 aliphatic carbocycles. The van der Waals surface area contributed by atoms with Crippen molar-refractivity contribution in [2.24, 2.45) is 0 Å². The van der Waals surface area contributed by atoms with Crippen LogP contribution in [0.4, 0.5) is 0 Å². The molecule has 1 heterocycles. The molecule has 1 atom stereocenters. The van der Waals surface area contributed by atoms with E-state index in [1.54, 1.807) is 0 Å². The van der Waals surface area contributed by atoms with Gasteiger partial charge in [-0.1, -0.05) is 60.7 Å². The normalized spacial score (nSPS) is 17.7. The summed E-state index contributed by atoms with van der Waals surface area (Å²) in [5.74, 6) is 0. The molecule has 0 spiro atoms. The number of nitrogens with zero attached hydrogens (tertiary/aromatic N) is 1. The van der Waals surface area contributed by atoms with E-state index < -0.39 is 0 Å². The van der Waals surface area contributed by atoms with Gasteiger partial charge in [0, 0.05) is 13.1 Å². The van der Waals surface area contributed by atoms with Gasteiger partial charge < -0.3 is 10.2 Å². The largest absolute Gasteiger partial charge is 0.358 e. The first-order chi connectivity index (χ1) is 10.3. The summed E-state index contributed by atoms with van der Waals surface area (Å²) in [6.07, 6.45) is 0. The van der Waals surface area contributed by atoms with Crippen molar-refractivity contribution < 1.29 is 0 Å². The Balaban J connectivity index is 1.53. The predicted molar refractivity (Wildman–Crippen MR) is 89.8 cm³/mol. The SMILES string of the molecule is S=C(NCc1ccccc1)N1CNC(c2ccccc2)C1. The second-order valence-electron chi connectivity index (χ2n) is 5.19. The van der Waals surface area contributed by atoms with Crippen LogP contribution in [0.25, 0.3) is 0 Å². The molecule has 108 valence electrons. The Bertz CT molecular complexity index is 585. The molecule has 21 heavy (non-hydrogen) atoms. The molecule has 2 aromatic carbocycles. The zero-order chi connectivity index (χ0) is 14.5. The molecule has 1 aliphatic heterocycles. The second-order valence-corrected chi connectivity index (χ2v) is 5.58. The first kappa shape index (κ1) is 14.0. The van der Waals surface area contributed by atoms with Gasteiger partial charge >= 0.3 is 0 Å². The van der Waals surface area contributed by atoms with E-state index in [0.29, 0.717) is 6.04 Å². The van der Waals surface area contributed by atoms with E-state index >= 15 is 0 Å². The number of benzene rings is 2. The molecule has 0 radical (unpaired) electrons. The first-order valence-corrected chi connectivity index (χ1v) is 7.59.